The Hall–Kier alpha value is -1.68. The molecule has 1 unspecified atom stereocenters. The second-order valence-corrected chi connectivity index (χ2v) is 5.90. The molecule has 21 heavy (non-hydrogen) atoms. The van der Waals surface area contributed by atoms with Crippen LogP contribution in [0.4, 0.5) is 0 Å². The van der Waals surface area contributed by atoms with E-state index in [9.17, 15) is 0 Å². The van der Waals surface area contributed by atoms with E-state index in [4.69, 9.17) is 0 Å². The van der Waals surface area contributed by atoms with Crippen molar-refractivity contribution >= 4 is 0 Å². The highest BCUT2D eigenvalue weighted by Gasteiger charge is 2.16. The average Bonchev–Trinajstić information content (AvgIpc) is 2.86. The molecule has 1 atom stereocenters. The third-order valence-corrected chi connectivity index (χ3v) is 3.82. The van der Waals surface area contributed by atoms with Gasteiger partial charge >= 0.3 is 0 Å². The summed E-state index contributed by atoms with van der Waals surface area (Å²) in [5, 5.41) is 12.2. The van der Waals surface area contributed by atoms with Gasteiger partial charge in [0, 0.05) is 0 Å². The van der Waals surface area contributed by atoms with Crippen molar-refractivity contribution in [2.24, 2.45) is 0 Å². The van der Waals surface area contributed by atoms with Gasteiger partial charge < -0.3 is 5.32 Å². The molecular weight excluding hydrogens is 260 g/mol. The molecule has 0 aliphatic heterocycles. The quantitative estimate of drug-likeness (QED) is 0.879. The Labute approximate surface area is 127 Å². The maximum Gasteiger partial charge on any atom is 0.103 e. The summed E-state index contributed by atoms with van der Waals surface area (Å²) in [4.78, 5) is 0. The van der Waals surface area contributed by atoms with Crippen molar-refractivity contribution in [1.82, 2.24) is 20.3 Å². The van der Waals surface area contributed by atoms with E-state index in [1.165, 1.54) is 5.56 Å². The van der Waals surface area contributed by atoms with Gasteiger partial charge in [-0.25, -0.2) is 4.68 Å². The lowest BCUT2D eigenvalue weighted by atomic mass is 10.0. The van der Waals surface area contributed by atoms with Gasteiger partial charge in [-0.15, -0.1) is 5.10 Å². The van der Waals surface area contributed by atoms with Crippen LogP contribution in [0.15, 0.2) is 24.3 Å². The van der Waals surface area contributed by atoms with Crippen LogP contribution in [0.3, 0.4) is 0 Å². The van der Waals surface area contributed by atoms with Gasteiger partial charge in [0.05, 0.1) is 17.4 Å². The Kier molecular flexibility index (Phi) is 5.12. The molecule has 1 N–H and O–H groups in total. The van der Waals surface area contributed by atoms with Crippen LogP contribution in [0.5, 0.6) is 0 Å². The first-order valence-electron chi connectivity index (χ1n) is 7.80. The summed E-state index contributed by atoms with van der Waals surface area (Å²) in [6.45, 7) is 11.8. The van der Waals surface area contributed by atoms with E-state index in [0.717, 1.165) is 30.0 Å². The Morgan fingerprint density at radius 2 is 2.00 bits per heavy atom. The van der Waals surface area contributed by atoms with Crippen LogP contribution in [-0.4, -0.2) is 21.5 Å². The van der Waals surface area contributed by atoms with Gasteiger partial charge in [-0.1, -0.05) is 38.1 Å². The lowest BCUT2D eigenvalue weighted by molar-refractivity contribution is 0.555. The molecule has 4 nitrogen and oxygen atoms in total. The number of nitrogens with one attached hydrogen (secondary N) is 1. The first-order chi connectivity index (χ1) is 10.0. The van der Waals surface area contributed by atoms with Gasteiger partial charge in [-0.05, 0) is 50.4 Å². The van der Waals surface area contributed by atoms with Crippen LogP contribution in [0.2, 0.25) is 0 Å². The lowest BCUT2D eigenvalue weighted by Crippen LogP contribution is -2.20. The minimum Gasteiger partial charge on any atom is -0.309 e. The van der Waals surface area contributed by atoms with Crippen molar-refractivity contribution in [3.63, 3.8) is 0 Å². The predicted molar refractivity (Wildman–Crippen MR) is 86.9 cm³/mol. The fourth-order valence-electron chi connectivity index (χ4n) is 2.46. The van der Waals surface area contributed by atoms with Crippen molar-refractivity contribution < 1.29 is 0 Å². The average molecular weight is 286 g/mol. The smallest absolute Gasteiger partial charge is 0.103 e. The zero-order valence-corrected chi connectivity index (χ0v) is 13.7. The van der Waals surface area contributed by atoms with Crippen LogP contribution in [-0.2, 0) is 0 Å². The molecule has 0 aliphatic carbocycles. The zero-order chi connectivity index (χ0) is 15.4. The van der Waals surface area contributed by atoms with Crippen molar-refractivity contribution in [3.05, 3.63) is 41.2 Å². The topological polar surface area (TPSA) is 42.7 Å². The number of aromatic nitrogens is 3. The fraction of sp³-hybridized carbons (Fsp3) is 0.529. The van der Waals surface area contributed by atoms with Crippen LogP contribution in [0.25, 0.3) is 5.69 Å². The van der Waals surface area contributed by atoms with Gasteiger partial charge in [0.2, 0.25) is 0 Å². The van der Waals surface area contributed by atoms with Gasteiger partial charge in [0.1, 0.15) is 5.69 Å². The van der Waals surface area contributed by atoms with E-state index in [2.05, 4.69) is 74.5 Å². The third-order valence-electron chi connectivity index (χ3n) is 3.82. The molecule has 4 heteroatoms. The number of rotatable bonds is 6. The Bertz CT molecular complexity index is 586. The molecule has 2 aromatic rings. The van der Waals surface area contributed by atoms with Gasteiger partial charge in [0.25, 0.3) is 0 Å². The molecule has 0 saturated heterocycles. The monoisotopic (exact) mass is 286 g/mol. The molecule has 0 bridgehead atoms. The van der Waals surface area contributed by atoms with E-state index < -0.39 is 0 Å². The van der Waals surface area contributed by atoms with E-state index in [0.29, 0.717) is 5.92 Å². The first-order valence-corrected chi connectivity index (χ1v) is 7.80. The zero-order valence-electron chi connectivity index (χ0n) is 13.7. The lowest BCUT2D eigenvalue weighted by Gasteiger charge is -2.12. The summed E-state index contributed by atoms with van der Waals surface area (Å²) >= 11 is 0. The Morgan fingerprint density at radius 3 is 2.67 bits per heavy atom. The van der Waals surface area contributed by atoms with Crippen molar-refractivity contribution in [3.8, 4) is 5.69 Å². The molecule has 1 aromatic carbocycles. The second-order valence-electron chi connectivity index (χ2n) is 5.90. The largest absolute Gasteiger partial charge is 0.309 e. The SMILES string of the molecule is CCCNC(C)c1nnn(-c2cccc(C(C)C)c2)c1C. The molecule has 0 amide bonds. The van der Waals surface area contributed by atoms with E-state index in [1.54, 1.807) is 0 Å². The maximum absolute atomic E-state index is 4.37. The van der Waals surface area contributed by atoms with Crippen molar-refractivity contribution in [2.45, 2.75) is 53.0 Å². The molecule has 114 valence electrons. The summed E-state index contributed by atoms with van der Waals surface area (Å²) in [6, 6.07) is 8.76. The van der Waals surface area contributed by atoms with E-state index in [1.807, 2.05) is 4.68 Å². The molecule has 0 saturated carbocycles. The summed E-state index contributed by atoms with van der Waals surface area (Å²) in [6.07, 6.45) is 1.12. The standard InChI is InChI=1S/C17H26N4/c1-6-10-18-13(4)17-14(5)21(20-19-17)16-9-7-8-15(11-16)12(2)3/h7-9,11-13,18H,6,10H2,1-5H3. The Balaban J connectivity index is 2.29. The fourth-order valence-corrected chi connectivity index (χ4v) is 2.46. The van der Waals surface area contributed by atoms with Crippen LogP contribution in [0, 0.1) is 6.92 Å². The highest BCUT2D eigenvalue weighted by atomic mass is 15.4. The van der Waals surface area contributed by atoms with E-state index in [-0.39, 0.29) is 6.04 Å². The third kappa shape index (κ3) is 3.50. The summed E-state index contributed by atoms with van der Waals surface area (Å²) in [7, 11) is 0. The minimum atomic E-state index is 0.229. The number of benzene rings is 1. The molecular formula is C17H26N4. The molecule has 0 radical (unpaired) electrons. The maximum atomic E-state index is 4.37. The summed E-state index contributed by atoms with van der Waals surface area (Å²) in [5.41, 5.74) is 4.53. The number of nitrogens with zero attached hydrogens (tertiary/aromatic N) is 3. The predicted octanol–water partition coefficient (Wildman–Crippen LogP) is 3.76. The first kappa shape index (κ1) is 15.7. The normalized spacial score (nSPS) is 12.9. The van der Waals surface area contributed by atoms with Gasteiger partial charge in [-0.2, -0.15) is 0 Å². The molecule has 0 aliphatic rings. The van der Waals surface area contributed by atoms with Crippen molar-refractivity contribution in [1.29, 1.82) is 0 Å². The minimum absolute atomic E-state index is 0.229. The second kappa shape index (κ2) is 6.85. The summed E-state index contributed by atoms with van der Waals surface area (Å²) < 4.78 is 1.94. The number of hydrogen-bond donors (Lipinski definition) is 1. The Morgan fingerprint density at radius 1 is 1.24 bits per heavy atom. The highest BCUT2D eigenvalue weighted by Crippen LogP contribution is 2.21. The molecule has 1 heterocycles. The van der Waals surface area contributed by atoms with Crippen LogP contribution in [0.1, 0.15) is 63.0 Å². The molecule has 0 fully saturated rings. The number of hydrogen-bond acceptors (Lipinski definition) is 3. The molecule has 2 rings (SSSR count). The van der Waals surface area contributed by atoms with E-state index >= 15 is 0 Å². The molecule has 1 aromatic heterocycles. The van der Waals surface area contributed by atoms with Crippen molar-refractivity contribution in [2.75, 3.05) is 6.54 Å². The van der Waals surface area contributed by atoms with Crippen LogP contribution >= 0.6 is 0 Å². The van der Waals surface area contributed by atoms with Gasteiger partial charge in [0.15, 0.2) is 0 Å². The van der Waals surface area contributed by atoms with Gasteiger partial charge in [-0.3, -0.25) is 0 Å². The summed E-state index contributed by atoms with van der Waals surface area (Å²) in [5.74, 6) is 0.512. The molecule has 0 spiro atoms. The van der Waals surface area contributed by atoms with Crippen LogP contribution < -0.4 is 5.32 Å². The highest BCUT2D eigenvalue weighted by molar-refractivity contribution is 5.38.